The lowest BCUT2D eigenvalue weighted by Gasteiger charge is -2.24. The van der Waals surface area contributed by atoms with Crippen molar-refractivity contribution in [2.45, 2.75) is 56.3 Å². The first-order valence-electron chi connectivity index (χ1n) is 12.2. The Hall–Kier alpha value is -2.71. The van der Waals surface area contributed by atoms with Gasteiger partial charge in [-0.05, 0) is 74.5 Å². The maximum atomic E-state index is 13.4. The smallest absolute Gasteiger partial charge is 0.264 e. The SMILES string of the molecule is CC=Nc1c(C2CCCCC2)cccc1S(=O)(=O)Nc1ccc(C(=O)N2CCCNCC2)cc1. The molecule has 7 nitrogen and oxygen atoms in total. The molecular weight excluding hydrogens is 448 g/mol. The van der Waals surface area contributed by atoms with Crippen LogP contribution in [0.5, 0.6) is 0 Å². The molecule has 0 radical (unpaired) electrons. The highest BCUT2D eigenvalue weighted by molar-refractivity contribution is 7.92. The zero-order valence-electron chi connectivity index (χ0n) is 19.8. The lowest BCUT2D eigenvalue weighted by atomic mass is 9.83. The van der Waals surface area contributed by atoms with E-state index in [4.69, 9.17) is 0 Å². The summed E-state index contributed by atoms with van der Waals surface area (Å²) in [5, 5.41) is 3.29. The topological polar surface area (TPSA) is 90.9 Å². The molecule has 1 amide bonds. The van der Waals surface area contributed by atoms with Gasteiger partial charge in [-0.15, -0.1) is 0 Å². The van der Waals surface area contributed by atoms with Crippen molar-refractivity contribution in [3.63, 3.8) is 0 Å². The molecule has 1 saturated carbocycles. The fourth-order valence-electron chi connectivity index (χ4n) is 4.89. The highest BCUT2D eigenvalue weighted by Crippen LogP contribution is 2.40. The molecule has 0 atom stereocenters. The van der Waals surface area contributed by atoms with Crippen molar-refractivity contribution >= 4 is 33.5 Å². The second-order valence-corrected chi connectivity index (χ2v) is 10.6. The highest BCUT2D eigenvalue weighted by Gasteiger charge is 2.25. The zero-order valence-corrected chi connectivity index (χ0v) is 20.6. The maximum Gasteiger partial charge on any atom is 0.264 e. The maximum absolute atomic E-state index is 13.4. The zero-order chi connectivity index (χ0) is 24.0. The number of sulfonamides is 1. The molecular formula is C26H34N4O3S. The van der Waals surface area contributed by atoms with E-state index in [1.54, 1.807) is 43.5 Å². The first-order valence-corrected chi connectivity index (χ1v) is 13.7. The van der Waals surface area contributed by atoms with Gasteiger partial charge in [0.15, 0.2) is 0 Å². The van der Waals surface area contributed by atoms with E-state index in [9.17, 15) is 13.2 Å². The third-order valence-electron chi connectivity index (χ3n) is 6.63. The van der Waals surface area contributed by atoms with Crippen molar-refractivity contribution in [2.75, 3.05) is 30.9 Å². The Morgan fingerprint density at radius 2 is 1.79 bits per heavy atom. The summed E-state index contributed by atoms with van der Waals surface area (Å²) in [5.74, 6) is 0.306. The minimum Gasteiger partial charge on any atom is -0.337 e. The monoisotopic (exact) mass is 482 g/mol. The van der Waals surface area contributed by atoms with Crippen molar-refractivity contribution in [2.24, 2.45) is 4.99 Å². The molecule has 1 aliphatic carbocycles. The van der Waals surface area contributed by atoms with Crippen LogP contribution in [0.3, 0.4) is 0 Å². The van der Waals surface area contributed by atoms with Crippen LogP contribution in [0.2, 0.25) is 0 Å². The summed E-state index contributed by atoms with van der Waals surface area (Å²) in [7, 11) is -3.85. The van der Waals surface area contributed by atoms with Crippen LogP contribution >= 0.6 is 0 Å². The summed E-state index contributed by atoms with van der Waals surface area (Å²) in [6, 6.07) is 12.1. The van der Waals surface area contributed by atoms with Crippen LogP contribution in [0.1, 0.15) is 67.3 Å². The van der Waals surface area contributed by atoms with Gasteiger partial charge in [0.25, 0.3) is 15.9 Å². The highest BCUT2D eigenvalue weighted by atomic mass is 32.2. The normalized spacial score (nSPS) is 18.1. The molecule has 0 aromatic heterocycles. The molecule has 2 fully saturated rings. The number of nitrogens with one attached hydrogen (secondary N) is 2. The third kappa shape index (κ3) is 5.67. The molecule has 0 spiro atoms. The van der Waals surface area contributed by atoms with E-state index >= 15 is 0 Å². The number of hydrogen-bond donors (Lipinski definition) is 2. The number of amides is 1. The fraction of sp³-hybridized carbons (Fsp3) is 0.462. The van der Waals surface area contributed by atoms with Gasteiger partial charge in [-0.1, -0.05) is 31.4 Å². The van der Waals surface area contributed by atoms with Gasteiger partial charge in [-0.25, -0.2) is 8.42 Å². The Morgan fingerprint density at radius 1 is 1.03 bits per heavy atom. The van der Waals surface area contributed by atoms with Crippen LogP contribution in [0.4, 0.5) is 11.4 Å². The molecule has 34 heavy (non-hydrogen) atoms. The van der Waals surface area contributed by atoms with Gasteiger partial charge in [0.2, 0.25) is 0 Å². The number of nitrogens with zero attached hydrogens (tertiary/aromatic N) is 2. The number of benzene rings is 2. The Labute approximate surface area is 202 Å². The minimum absolute atomic E-state index is 0.0298. The van der Waals surface area contributed by atoms with Gasteiger partial charge in [0, 0.05) is 37.1 Å². The van der Waals surface area contributed by atoms with Crippen LogP contribution in [-0.4, -0.2) is 51.6 Å². The van der Waals surface area contributed by atoms with Crippen LogP contribution in [0.15, 0.2) is 52.4 Å². The fourth-order valence-corrected chi connectivity index (χ4v) is 6.13. The predicted octanol–water partition coefficient (Wildman–Crippen LogP) is 4.69. The molecule has 0 bridgehead atoms. The van der Waals surface area contributed by atoms with Gasteiger partial charge in [0.05, 0.1) is 5.69 Å². The summed E-state index contributed by atoms with van der Waals surface area (Å²) >= 11 is 0. The molecule has 1 aliphatic heterocycles. The van der Waals surface area contributed by atoms with Crippen molar-refractivity contribution in [3.8, 4) is 0 Å². The Balaban J connectivity index is 1.55. The molecule has 182 valence electrons. The van der Waals surface area contributed by atoms with E-state index in [0.29, 0.717) is 29.4 Å². The predicted molar refractivity (Wildman–Crippen MR) is 137 cm³/mol. The summed E-state index contributed by atoms with van der Waals surface area (Å²) in [4.78, 5) is 19.3. The minimum atomic E-state index is -3.85. The summed E-state index contributed by atoms with van der Waals surface area (Å²) < 4.78 is 29.4. The summed E-state index contributed by atoms with van der Waals surface area (Å²) in [5.41, 5.74) is 2.52. The number of rotatable bonds is 6. The largest absolute Gasteiger partial charge is 0.337 e. The van der Waals surface area contributed by atoms with Crippen LogP contribution in [0, 0.1) is 0 Å². The van der Waals surface area contributed by atoms with E-state index in [-0.39, 0.29) is 10.8 Å². The summed E-state index contributed by atoms with van der Waals surface area (Å²) in [6.45, 7) is 4.89. The van der Waals surface area contributed by atoms with Gasteiger partial charge >= 0.3 is 0 Å². The third-order valence-corrected chi connectivity index (χ3v) is 8.05. The first kappa shape index (κ1) is 24.4. The molecule has 1 saturated heterocycles. The van der Waals surface area contributed by atoms with Crippen molar-refractivity contribution in [3.05, 3.63) is 53.6 Å². The average Bonchev–Trinajstić information content (AvgIpc) is 3.14. The van der Waals surface area contributed by atoms with E-state index in [1.807, 2.05) is 17.0 Å². The van der Waals surface area contributed by atoms with Crippen LogP contribution < -0.4 is 10.0 Å². The second kappa shape index (κ2) is 11.1. The number of hydrogen-bond acceptors (Lipinski definition) is 5. The second-order valence-electron chi connectivity index (χ2n) is 8.99. The molecule has 8 heteroatoms. The standard InChI is InChI=1S/C26H34N4O3S/c1-2-28-25-23(20-8-4-3-5-9-20)10-6-11-24(25)34(32,33)29-22-14-12-21(13-15-22)26(31)30-18-7-16-27-17-19-30/h2,6,10-15,20,27,29H,3-5,7-9,16-19H2,1H3. The number of para-hydroxylation sites is 1. The average molecular weight is 483 g/mol. The molecule has 2 aromatic rings. The van der Waals surface area contributed by atoms with Crippen LogP contribution in [-0.2, 0) is 10.0 Å². The number of aliphatic imine (C=N–C) groups is 1. The molecule has 2 aromatic carbocycles. The quantitative estimate of drug-likeness (QED) is 0.584. The van der Waals surface area contributed by atoms with Crippen molar-refractivity contribution < 1.29 is 13.2 Å². The number of carbonyl (C=O) groups is 1. The van der Waals surface area contributed by atoms with Gasteiger partial charge in [-0.3, -0.25) is 14.5 Å². The molecule has 0 unspecified atom stereocenters. The Kier molecular flexibility index (Phi) is 8.00. The molecule has 4 rings (SSSR count). The number of carbonyl (C=O) groups excluding carboxylic acids is 1. The van der Waals surface area contributed by atoms with Crippen LogP contribution in [0.25, 0.3) is 0 Å². The molecule has 2 N–H and O–H groups in total. The van der Waals surface area contributed by atoms with Gasteiger partial charge in [0.1, 0.15) is 4.90 Å². The number of anilines is 1. The lowest BCUT2D eigenvalue weighted by molar-refractivity contribution is 0.0766. The molecule has 1 heterocycles. The summed E-state index contributed by atoms with van der Waals surface area (Å²) in [6.07, 6.45) is 8.25. The van der Waals surface area contributed by atoms with Gasteiger partial charge in [-0.2, -0.15) is 0 Å². The lowest BCUT2D eigenvalue weighted by Crippen LogP contribution is -2.34. The van der Waals surface area contributed by atoms with E-state index in [0.717, 1.165) is 57.3 Å². The van der Waals surface area contributed by atoms with Crippen molar-refractivity contribution in [1.29, 1.82) is 0 Å². The van der Waals surface area contributed by atoms with Crippen molar-refractivity contribution in [1.82, 2.24) is 10.2 Å². The Morgan fingerprint density at radius 3 is 2.53 bits per heavy atom. The first-order chi connectivity index (χ1) is 16.5. The van der Waals surface area contributed by atoms with E-state index in [1.165, 1.54) is 6.42 Å². The van der Waals surface area contributed by atoms with E-state index in [2.05, 4.69) is 15.0 Å². The van der Waals surface area contributed by atoms with Gasteiger partial charge < -0.3 is 10.2 Å². The molecule has 2 aliphatic rings. The van der Waals surface area contributed by atoms with E-state index < -0.39 is 10.0 Å². The Bertz CT molecular complexity index is 1120.